The summed E-state index contributed by atoms with van der Waals surface area (Å²) in [6.45, 7) is 5.13. The van der Waals surface area contributed by atoms with Gasteiger partial charge in [0, 0.05) is 49.1 Å². The molecule has 4 atom stereocenters. The highest BCUT2D eigenvalue weighted by molar-refractivity contribution is 5.90. The van der Waals surface area contributed by atoms with Crippen LogP contribution in [0.5, 0.6) is 6.01 Å². The average Bonchev–Trinajstić information content (AvgIpc) is 3.35. The molecule has 2 aromatic rings. The summed E-state index contributed by atoms with van der Waals surface area (Å²) < 4.78 is 49.0. The standard InChI is InChI=1S/C23H28F3N5O/c1-22-5-3-16(29-22)11-30(12-22)20-17-7-14(24)8-18(26)19(17)27-21(28-20)32-13-23-4-2-6-31(23)10-15(25)9-23/h7-8,15-16,29H,2-6,9-13H2,1H3/t15-,16-,22-,23+/m1/s1. The molecule has 0 unspecified atom stereocenters. The van der Waals surface area contributed by atoms with Crippen molar-refractivity contribution in [2.24, 2.45) is 0 Å². The fourth-order valence-electron chi connectivity index (χ4n) is 6.38. The van der Waals surface area contributed by atoms with Crippen molar-refractivity contribution in [1.29, 1.82) is 0 Å². The maximum Gasteiger partial charge on any atom is 0.319 e. The SMILES string of the molecule is C[C@@]12CC[C@H](CN(c3nc(OC[C@@]45CCCN4C[C@H](F)C5)nc4c(F)cc(F)cc34)C1)N2. The summed E-state index contributed by atoms with van der Waals surface area (Å²) in [4.78, 5) is 13.2. The number of aromatic nitrogens is 2. The Balaban J connectivity index is 1.36. The van der Waals surface area contributed by atoms with Crippen LogP contribution < -0.4 is 15.0 Å². The van der Waals surface area contributed by atoms with Crippen molar-refractivity contribution in [2.45, 2.75) is 62.3 Å². The Hall–Kier alpha value is -2.13. The lowest BCUT2D eigenvalue weighted by Gasteiger charge is -2.40. The van der Waals surface area contributed by atoms with E-state index in [-0.39, 0.29) is 29.2 Å². The second-order valence-corrected chi connectivity index (χ2v) is 10.3. The fourth-order valence-corrected chi connectivity index (χ4v) is 6.38. The zero-order valence-corrected chi connectivity index (χ0v) is 18.2. The number of piperazine rings is 1. The molecule has 0 spiro atoms. The van der Waals surface area contributed by atoms with Crippen LogP contribution in [0.15, 0.2) is 12.1 Å². The third-order valence-electron chi connectivity index (χ3n) is 7.79. The molecule has 1 N–H and O–H groups in total. The van der Waals surface area contributed by atoms with Gasteiger partial charge in [-0.25, -0.2) is 13.2 Å². The maximum absolute atomic E-state index is 14.7. The van der Waals surface area contributed by atoms with E-state index >= 15 is 0 Å². The predicted octanol–water partition coefficient (Wildman–Crippen LogP) is 3.19. The molecule has 2 bridgehead atoms. The number of anilines is 1. The highest BCUT2D eigenvalue weighted by Crippen LogP contribution is 2.41. The number of hydrogen-bond donors (Lipinski definition) is 1. The Morgan fingerprint density at radius 3 is 2.94 bits per heavy atom. The van der Waals surface area contributed by atoms with E-state index in [1.807, 2.05) is 0 Å². The molecule has 1 aromatic carbocycles. The van der Waals surface area contributed by atoms with E-state index in [9.17, 15) is 13.2 Å². The van der Waals surface area contributed by atoms with Gasteiger partial charge in [-0.3, -0.25) is 4.90 Å². The van der Waals surface area contributed by atoms with Crippen LogP contribution in [0.3, 0.4) is 0 Å². The summed E-state index contributed by atoms with van der Waals surface area (Å²) in [5.74, 6) is -0.889. The number of rotatable bonds is 4. The van der Waals surface area contributed by atoms with Gasteiger partial charge in [0.15, 0.2) is 5.82 Å². The Labute approximate surface area is 185 Å². The zero-order chi connectivity index (χ0) is 22.1. The lowest BCUT2D eigenvalue weighted by molar-refractivity contribution is 0.107. The van der Waals surface area contributed by atoms with Gasteiger partial charge in [0.25, 0.3) is 0 Å². The molecule has 4 fully saturated rings. The second kappa shape index (κ2) is 7.18. The molecule has 6 nitrogen and oxygen atoms in total. The smallest absolute Gasteiger partial charge is 0.319 e. The number of ether oxygens (including phenoxy) is 1. The first-order chi connectivity index (χ1) is 15.3. The monoisotopic (exact) mass is 447 g/mol. The van der Waals surface area contributed by atoms with Crippen LogP contribution in [0.2, 0.25) is 0 Å². The number of halogens is 3. The quantitative estimate of drug-likeness (QED) is 0.777. The van der Waals surface area contributed by atoms with E-state index in [2.05, 4.69) is 32.0 Å². The molecule has 5 heterocycles. The van der Waals surface area contributed by atoms with Gasteiger partial charge in [0.05, 0.1) is 5.54 Å². The van der Waals surface area contributed by atoms with E-state index in [0.29, 0.717) is 43.3 Å². The minimum Gasteiger partial charge on any atom is -0.461 e. The Kier molecular flexibility index (Phi) is 4.60. The third-order valence-corrected chi connectivity index (χ3v) is 7.79. The van der Waals surface area contributed by atoms with E-state index < -0.39 is 17.8 Å². The lowest BCUT2D eigenvalue weighted by Crippen LogP contribution is -2.58. The molecule has 0 amide bonds. The Morgan fingerprint density at radius 2 is 2.09 bits per heavy atom. The fraction of sp³-hybridized carbons (Fsp3) is 0.652. The summed E-state index contributed by atoms with van der Waals surface area (Å²) >= 11 is 0. The van der Waals surface area contributed by atoms with Gasteiger partial charge in [-0.1, -0.05) is 0 Å². The molecule has 4 saturated heterocycles. The molecule has 0 saturated carbocycles. The van der Waals surface area contributed by atoms with Crippen LogP contribution in [-0.2, 0) is 0 Å². The topological polar surface area (TPSA) is 53.5 Å². The van der Waals surface area contributed by atoms with Crippen molar-refractivity contribution in [3.05, 3.63) is 23.8 Å². The molecule has 4 aliphatic heterocycles. The number of fused-ring (bicyclic) bond motifs is 4. The molecular weight excluding hydrogens is 419 g/mol. The van der Waals surface area contributed by atoms with Crippen LogP contribution in [-0.4, -0.2) is 70.9 Å². The van der Waals surface area contributed by atoms with Crippen molar-refractivity contribution in [1.82, 2.24) is 20.2 Å². The third kappa shape index (κ3) is 3.32. The zero-order valence-electron chi connectivity index (χ0n) is 18.2. The van der Waals surface area contributed by atoms with Crippen molar-refractivity contribution in [3.63, 3.8) is 0 Å². The molecule has 1 aromatic heterocycles. The van der Waals surface area contributed by atoms with Gasteiger partial charge in [-0.15, -0.1) is 0 Å². The number of benzene rings is 1. The highest BCUT2D eigenvalue weighted by atomic mass is 19.1. The molecule has 0 radical (unpaired) electrons. The van der Waals surface area contributed by atoms with Gasteiger partial charge in [-0.05, 0) is 45.2 Å². The molecule has 32 heavy (non-hydrogen) atoms. The summed E-state index contributed by atoms with van der Waals surface area (Å²) in [5, 5.41) is 3.99. The minimum atomic E-state index is -0.857. The first kappa shape index (κ1) is 20.5. The van der Waals surface area contributed by atoms with Crippen LogP contribution in [0.25, 0.3) is 10.9 Å². The normalized spacial score (nSPS) is 34.4. The lowest BCUT2D eigenvalue weighted by atomic mass is 9.95. The number of alkyl halides is 1. The van der Waals surface area contributed by atoms with E-state index in [1.165, 1.54) is 6.07 Å². The van der Waals surface area contributed by atoms with Crippen molar-refractivity contribution in [3.8, 4) is 6.01 Å². The predicted molar refractivity (Wildman–Crippen MR) is 115 cm³/mol. The van der Waals surface area contributed by atoms with E-state index in [4.69, 9.17) is 4.74 Å². The number of nitrogens with zero attached hydrogens (tertiary/aromatic N) is 4. The van der Waals surface area contributed by atoms with Crippen LogP contribution in [0, 0.1) is 11.6 Å². The average molecular weight is 448 g/mol. The van der Waals surface area contributed by atoms with Gasteiger partial charge in [0.1, 0.15) is 29.9 Å². The maximum atomic E-state index is 14.7. The van der Waals surface area contributed by atoms with Crippen LogP contribution >= 0.6 is 0 Å². The molecule has 4 aliphatic rings. The van der Waals surface area contributed by atoms with Crippen molar-refractivity contribution < 1.29 is 17.9 Å². The van der Waals surface area contributed by atoms with Crippen LogP contribution in [0.1, 0.15) is 39.0 Å². The van der Waals surface area contributed by atoms with Crippen LogP contribution in [0.4, 0.5) is 19.0 Å². The first-order valence-electron chi connectivity index (χ1n) is 11.5. The first-order valence-corrected chi connectivity index (χ1v) is 11.5. The van der Waals surface area contributed by atoms with Gasteiger partial charge in [0.2, 0.25) is 0 Å². The summed E-state index contributed by atoms with van der Waals surface area (Å²) in [6.07, 6.45) is 3.56. The Morgan fingerprint density at radius 1 is 1.22 bits per heavy atom. The molecule has 0 aliphatic carbocycles. The second-order valence-electron chi connectivity index (χ2n) is 10.3. The molecule has 6 rings (SSSR count). The summed E-state index contributed by atoms with van der Waals surface area (Å²) in [6, 6.07) is 2.52. The highest BCUT2D eigenvalue weighted by Gasteiger charge is 2.49. The summed E-state index contributed by atoms with van der Waals surface area (Å²) in [7, 11) is 0. The van der Waals surface area contributed by atoms with E-state index in [0.717, 1.165) is 38.3 Å². The number of hydrogen-bond acceptors (Lipinski definition) is 6. The molecule has 172 valence electrons. The van der Waals surface area contributed by atoms with Crippen molar-refractivity contribution >= 4 is 16.7 Å². The van der Waals surface area contributed by atoms with Gasteiger partial charge >= 0.3 is 6.01 Å². The minimum absolute atomic E-state index is 0.0537. The molecule has 9 heteroatoms. The molecular formula is C23H28F3N5O. The van der Waals surface area contributed by atoms with E-state index in [1.54, 1.807) is 0 Å². The Bertz CT molecular complexity index is 1070. The van der Waals surface area contributed by atoms with Gasteiger partial charge in [-0.2, -0.15) is 9.97 Å². The largest absolute Gasteiger partial charge is 0.461 e. The van der Waals surface area contributed by atoms with Gasteiger partial charge < -0.3 is 15.0 Å². The summed E-state index contributed by atoms with van der Waals surface area (Å²) in [5.41, 5.74) is -0.352. The number of nitrogens with one attached hydrogen (secondary N) is 1. The van der Waals surface area contributed by atoms with Crippen molar-refractivity contribution in [2.75, 3.05) is 37.7 Å².